The van der Waals surface area contributed by atoms with Crippen molar-refractivity contribution >= 4 is 0 Å². The molecule has 1 nitrogen and oxygen atoms in total. The highest BCUT2D eigenvalue weighted by Gasteiger charge is 2.33. The summed E-state index contributed by atoms with van der Waals surface area (Å²) in [6.45, 7) is 6.92. The van der Waals surface area contributed by atoms with Crippen LogP contribution in [0.1, 0.15) is 40.0 Å². The molecule has 2 N–H and O–H groups in total. The third-order valence-corrected chi connectivity index (χ3v) is 3.26. The van der Waals surface area contributed by atoms with Crippen LogP contribution in [0.3, 0.4) is 0 Å². The molecule has 0 aliphatic heterocycles. The molecular formula is C10H21N. The van der Waals surface area contributed by atoms with Crippen molar-refractivity contribution in [1.82, 2.24) is 0 Å². The first-order chi connectivity index (χ1) is 5.16. The van der Waals surface area contributed by atoms with E-state index in [1.165, 1.54) is 19.3 Å². The predicted molar refractivity (Wildman–Crippen MR) is 49.3 cm³/mol. The second-order valence-corrected chi connectivity index (χ2v) is 4.22. The highest BCUT2D eigenvalue weighted by Crippen LogP contribution is 2.37. The molecule has 0 saturated heterocycles. The van der Waals surface area contributed by atoms with Crippen molar-refractivity contribution in [3.8, 4) is 0 Å². The van der Waals surface area contributed by atoms with E-state index < -0.39 is 0 Å². The maximum absolute atomic E-state index is 6.02. The molecule has 3 atom stereocenters. The summed E-state index contributed by atoms with van der Waals surface area (Å²) in [5, 5.41) is 0. The Balaban J connectivity index is 2.54. The molecule has 66 valence electrons. The zero-order chi connectivity index (χ0) is 8.43. The normalized spacial score (nSPS) is 38.5. The van der Waals surface area contributed by atoms with Gasteiger partial charge in [0.25, 0.3) is 0 Å². The second-order valence-electron chi connectivity index (χ2n) is 4.22. The Labute approximate surface area is 70.4 Å². The molecule has 0 spiro atoms. The summed E-state index contributed by atoms with van der Waals surface area (Å²) in [7, 11) is 0. The van der Waals surface area contributed by atoms with E-state index in [4.69, 9.17) is 5.73 Å². The number of nitrogens with two attached hydrogens (primary N) is 1. The van der Waals surface area contributed by atoms with Crippen molar-refractivity contribution in [2.75, 3.05) is 0 Å². The molecule has 0 aromatic rings. The highest BCUT2D eigenvalue weighted by molar-refractivity contribution is 4.87. The second kappa shape index (κ2) is 3.57. The average molecular weight is 155 g/mol. The molecule has 0 bridgehead atoms. The van der Waals surface area contributed by atoms with Crippen LogP contribution < -0.4 is 5.73 Å². The van der Waals surface area contributed by atoms with Crippen LogP contribution in [0.2, 0.25) is 0 Å². The number of hydrogen-bond acceptors (Lipinski definition) is 1. The average Bonchev–Trinajstić information content (AvgIpc) is 2.30. The standard InChI is InChI=1S/C10H21N/c1-4-8-9(7(2)3)5-6-10(8)11/h7-10H,4-6,11H2,1-3H3/t8?,9?,10-/m0/s1. The van der Waals surface area contributed by atoms with E-state index in [9.17, 15) is 0 Å². The lowest BCUT2D eigenvalue weighted by molar-refractivity contribution is 0.274. The minimum absolute atomic E-state index is 0.493. The first-order valence-electron chi connectivity index (χ1n) is 4.92. The monoisotopic (exact) mass is 155 g/mol. The van der Waals surface area contributed by atoms with E-state index in [1.807, 2.05) is 0 Å². The summed E-state index contributed by atoms with van der Waals surface area (Å²) in [4.78, 5) is 0. The minimum atomic E-state index is 0.493. The summed E-state index contributed by atoms with van der Waals surface area (Å²) >= 11 is 0. The maximum Gasteiger partial charge on any atom is 0.00699 e. The molecule has 1 rings (SSSR count). The lowest BCUT2D eigenvalue weighted by Gasteiger charge is -2.24. The molecule has 11 heavy (non-hydrogen) atoms. The van der Waals surface area contributed by atoms with Gasteiger partial charge in [-0.25, -0.2) is 0 Å². The Kier molecular flexibility index (Phi) is 2.94. The first kappa shape index (κ1) is 9.05. The Bertz CT molecular complexity index is 120. The SMILES string of the molecule is CCC1C(C(C)C)CC[C@@H]1N. The Hall–Kier alpha value is -0.0400. The fourth-order valence-corrected chi connectivity index (χ4v) is 2.56. The topological polar surface area (TPSA) is 26.0 Å². The van der Waals surface area contributed by atoms with E-state index >= 15 is 0 Å². The maximum atomic E-state index is 6.02. The minimum Gasteiger partial charge on any atom is -0.327 e. The van der Waals surface area contributed by atoms with Crippen LogP contribution in [-0.2, 0) is 0 Å². The van der Waals surface area contributed by atoms with Crippen molar-refractivity contribution in [3.63, 3.8) is 0 Å². The van der Waals surface area contributed by atoms with Gasteiger partial charge in [0.05, 0.1) is 0 Å². The molecule has 2 unspecified atom stereocenters. The summed E-state index contributed by atoms with van der Waals surface area (Å²) in [6, 6.07) is 0.493. The van der Waals surface area contributed by atoms with Crippen molar-refractivity contribution in [3.05, 3.63) is 0 Å². The lowest BCUT2D eigenvalue weighted by Crippen LogP contribution is -2.28. The Morgan fingerprint density at radius 3 is 2.36 bits per heavy atom. The molecule has 1 heteroatoms. The molecule has 0 aromatic heterocycles. The van der Waals surface area contributed by atoms with Crippen molar-refractivity contribution in [2.45, 2.75) is 46.1 Å². The van der Waals surface area contributed by atoms with Crippen LogP contribution in [0, 0.1) is 17.8 Å². The summed E-state index contributed by atoms with van der Waals surface area (Å²) in [5.74, 6) is 2.53. The Morgan fingerprint density at radius 2 is 2.00 bits per heavy atom. The molecule has 1 aliphatic rings. The summed E-state index contributed by atoms with van der Waals surface area (Å²) < 4.78 is 0. The molecule has 0 radical (unpaired) electrons. The fraction of sp³-hybridized carbons (Fsp3) is 1.00. The molecular weight excluding hydrogens is 134 g/mol. The van der Waals surface area contributed by atoms with Crippen LogP contribution in [0.4, 0.5) is 0 Å². The van der Waals surface area contributed by atoms with Crippen LogP contribution in [0.5, 0.6) is 0 Å². The largest absolute Gasteiger partial charge is 0.327 e. The van der Waals surface area contributed by atoms with E-state index in [0.29, 0.717) is 6.04 Å². The molecule has 1 saturated carbocycles. The zero-order valence-corrected chi connectivity index (χ0v) is 8.01. The van der Waals surface area contributed by atoms with E-state index in [-0.39, 0.29) is 0 Å². The first-order valence-corrected chi connectivity index (χ1v) is 4.92. The van der Waals surface area contributed by atoms with Gasteiger partial charge >= 0.3 is 0 Å². The van der Waals surface area contributed by atoms with Crippen molar-refractivity contribution in [2.24, 2.45) is 23.5 Å². The molecule has 0 heterocycles. The van der Waals surface area contributed by atoms with Gasteiger partial charge in [0.2, 0.25) is 0 Å². The van der Waals surface area contributed by atoms with Gasteiger partial charge in [-0.05, 0) is 30.6 Å². The molecule has 1 aliphatic carbocycles. The highest BCUT2D eigenvalue weighted by atomic mass is 14.7. The molecule has 1 fully saturated rings. The third-order valence-electron chi connectivity index (χ3n) is 3.26. The predicted octanol–water partition coefficient (Wildman–Crippen LogP) is 2.41. The lowest BCUT2D eigenvalue weighted by atomic mass is 9.83. The summed E-state index contributed by atoms with van der Waals surface area (Å²) in [6.07, 6.45) is 3.88. The van der Waals surface area contributed by atoms with Gasteiger partial charge in [-0.15, -0.1) is 0 Å². The zero-order valence-electron chi connectivity index (χ0n) is 8.01. The summed E-state index contributed by atoms with van der Waals surface area (Å²) in [5.41, 5.74) is 6.02. The molecule has 0 amide bonds. The van der Waals surface area contributed by atoms with Gasteiger partial charge in [0.15, 0.2) is 0 Å². The van der Waals surface area contributed by atoms with Crippen molar-refractivity contribution in [1.29, 1.82) is 0 Å². The van der Waals surface area contributed by atoms with Crippen LogP contribution in [0.15, 0.2) is 0 Å². The van der Waals surface area contributed by atoms with Crippen molar-refractivity contribution < 1.29 is 0 Å². The third kappa shape index (κ3) is 1.76. The van der Waals surface area contributed by atoms with Gasteiger partial charge in [-0.3, -0.25) is 0 Å². The quantitative estimate of drug-likeness (QED) is 0.651. The molecule has 0 aromatic carbocycles. The van der Waals surface area contributed by atoms with Gasteiger partial charge in [-0.1, -0.05) is 27.2 Å². The van der Waals surface area contributed by atoms with Gasteiger partial charge in [0.1, 0.15) is 0 Å². The van der Waals surface area contributed by atoms with Crippen LogP contribution in [0.25, 0.3) is 0 Å². The fourth-order valence-electron chi connectivity index (χ4n) is 2.56. The van der Waals surface area contributed by atoms with E-state index in [2.05, 4.69) is 20.8 Å². The van der Waals surface area contributed by atoms with Gasteiger partial charge in [-0.2, -0.15) is 0 Å². The van der Waals surface area contributed by atoms with E-state index in [0.717, 1.165) is 17.8 Å². The van der Waals surface area contributed by atoms with Gasteiger partial charge in [0, 0.05) is 6.04 Å². The van der Waals surface area contributed by atoms with Gasteiger partial charge < -0.3 is 5.73 Å². The number of rotatable bonds is 2. The Morgan fingerprint density at radius 1 is 1.36 bits per heavy atom. The van der Waals surface area contributed by atoms with E-state index in [1.54, 1.807) is 0 Å². The smallest absolute Gasteiger partial charge is 0.00699 e. The number of hydrogen-bond donors (Lipinski definition) is 1. The van der Waals surface area contributed by atoms with Crippen LogP contribution >= 0.6 is 0 Å². The van der Waals surface area contributed by atoms with Crippen LogP contribution in [-0.4, -0.2) is 6.04 Å².